The zero-order chi connectivity index (χ0) is 26.1. The summed E-state index contributed by atoms with van der Waals surface area (Å²) in [6, 6.07) is 10.4. The fourth-order valence-corrected chi connectivity index (χ4v) is 7.77. The lowest BCUT2D eigenvalue weighted by atomic mass is 10.1. The Hall–Kier alpha value is -2.04. The quantitative estimate of drug-likeness (QED) is 0.410. The van der Waals surface area contributed by atoms with Crippen molar-refractivity contribution in [2.45, 2.75) is 37.1 Å². The molecule has 0 bridgehead atoms. The third kappa shape index (κ3) is 5.31. The maximum Gasteiger partial charge on any atom is 0.320 e. The van der Waals surface area contributed by atoms with Crippen molar-refractivity contribution in [2.75, 3.05) is 40.0 Å². The second kappa shape index (κ2) is 10.8. The molecule has 0 aliphatic carbocycles. The van der Waals surface area contributed by atoms with Gasteiger partial charge in [-0.05, 0) is 79.7 Å². The van der Waals surface area contributed by atoms with Crippen molar-refractivity contribution in [3.05, 3.63) is 51.9 Å². The van der Waals surface area contributed by atoms with E-state index in [1.807, 2.05) is 33.3 Å². The fraction of sp³-hybridized carbons (Fsp3) is 0.462. The fourth-order valence-electron chi connectivity index (χ4n) is 5.04. The Bertz CT molecular complexity index is 1450. The van der Waals surface area contributed by atoms with E-state index in [2.05, 4.69) is 14.5 Å². The molecule has 0 atom stereocenters. The van der Waals surface area contributed by atoms with Gasteiger partial charge in [-0.3, -0.25) is 4.99 Å². The SMILES string of the molecule is CN=c1sc([N+]2(C(=O)CCS(=O)(=O)c3ccc4cc(Cl)ccc4c3)CCCCC2)c(CN(C)C)n1C. The Morgan fingerprint density at radius 3 is 2.44 bits per heavy atom. The number of rotatable bonds is 7. The summed E-state index contributed by atoms with van der Waals surface area (Å²) < 4.78 is 28.8. The molecule has 1 amide bonds. The number of benzene rings is 2. The number of quaternary nitrogens is 1. The Morgan fingerprint density at radius 2 is 1.78 bits per heavy atom. The summed E-state index contributed by atoms with van der Waals surface area (Å²) in [6.07, 6.45) is 2.93. The minimum atomic E-state index is -3.63. The molecule has 194 valence electrons. The molecule has 2 aromatic carbocycles. The van der Waals surface area contributed by atoms with Crippen LogP contribution in [0.5, 0.6) is 0 Å². The molecular weight excluding hydrogens is 516 g/mol. The van der Waals surface area contributed by atoms with E-state index in [0.29, 0.717) is 24.7 Å². The molecule has 0 unspecified atom stereocenters. The maximum atomic E-state index is 13.9. The van der Waals surface area contributed by atoms with Crippen LogP contribution < -0.4 is 9.28 Å². The summed E-state index contributed by atoms with van der Waals surface area (Å²) in [5.41, 5.74) is 1.07. The summed E-state index contributed by atoms with van der Waals surface area (Å²) in [4.78, 5) is 21.6. The molecule has 36 heavy (non-hydrogen) atoms. The van der Waals surface area contributed by atoms with Crippen LogP contribution in [0.4, 0.5) is 5.00 Å². The Labute approximate surface area is 222 Å². The van der Waals surface area contributed by atoms with Crippen molar-refractivity contribution in [3.8, 4) is 0 Å². The van der Waals surface area contributed by atoms with Crippen molar-refractivity contribution in [1.82, 2.24) is 14.0 Å². The monoisotopic (exact) mass is 549 g/mol. The Kier molecular flexibility index (Phi) is 8.07. The van der Waals surface area contributed by atoms with Crippen LogP contribution in [0.3, 0.4) is 0 Å². The standard InChI is InChI=1S/C26H34ClN4O3S2/c1-28-26-30(4)23(18-29(2)3)25(35-26)31(13-6-5-7-14-31)24(32)12-15-36(33,34)22-11-9-19-16-21(27)10-8-20(19)17-22/h8-11,16-17H,5-7,12-15,18H2,1-4H3/q+1. The minimum Gasteiger partial charge on any atom is -0.318 e. The first-order valence-corrected chi connectivity index (χ1v) is 15.0. The molecule has 1 saturated heterocycles. The van der Waals surface area contributed by atoms with Crippen molar-refractivity contribution < 1.29 is 13.2 Å². The number of hydrogen-bond acceptors (Lipinski definition) is 6. The highest BCUT2D eigenvalue weighted by Gasteiger charge is 2.44. The second-order valence-corrected chi connectivity index (χ2v) is 13.3. The van der Waals surface area contributed by atoms with Crippen LogP contribution >= 0.6 is 22.9 Å². The number of likely N-dealkylation sites (tertiary alicyclic amines) is 1. The molecule has 0 saturated carbocycles. The summed E-state index contributed by atoms with van der Waals surface area (Å²) >= 11 is 7.62. The van der Waals surface area contributed by atoms with Gasteiger partial charge in [0.25, 0.3) is 0 Å². The summed E-state index contributed by atoms with van der Waals surface area (Å²) in [5.74, 6) is -0.244. The topological polar surface area (TPSA) is 71.7 Å². The number of carbonyl (C=O) groups excluding carboxylic acids is 1. The number of carbonyl (C=O) groups is 1. The van der Waals surface area contributed by atoms with Crippen LogP contribution in [0, 0.1) is 0 Å². The van der Waals surface area contributed by atoms with Gasteiger partial charge in [0.15, 0.2) is 14.6 Å². The van der Waals surface area contributed by atoms with Crippen molar-refractivity contribution in [1.29, 1.82) is 0 Å². The number of aromatic nitrogens is 1. The normalized spacial score (nSPS) is 16.7. The number of amides is 1. The van der Waals surface area contributed by atoms with E-state index in [-0.39, 0.29) is 27.5 Å². The Morgan fingerprint density at radius 1 is 1.11 bits per heavy atom. The molecule has 3 aromatic rings. The molecular formula is C26H34ClN4O3S2+. The van der Waals surface area contributed by atoms with Crippen LogP contribution in [0.15, 0.2) is 46.3 Å². The van der Waals surface area contributed by atoms with Gasteiger partial charge in [-0.2, -0.15) is 0 Å². The van der Waals surface area contributed by atoms with Crippen molar-refractivity contribution in [2.24, 2.45) is 12.0 Å². The van der Waals surface area contributed by atoms with E-state index in [4.69, 9.17) is 11.6 Å². The summed E-state index contributed by atoms with van der Waals surface area (Å²) in [6.45, 7) is 2.07. The number of sulfone groups is 1. The average molecular weight is 550 g/mol. The first-order valence-electron chi connectivity index (χ1n) is 12.2. The zero-order valence-corrected chi connectivity index (χ0v) is 23.7. The lowest BCUT2D eigenvalue weighted by Gasteiger charge is -2.38. The highest BCUT2D eigenvalue weighted by Crippen LogP contribution is 2.36. The predicted molar refractivity (Wildman–Crippen MR) is 148 cm³/mol. The van der Waals surface area contributed by atoms with Gasteiger partial charge in [0.05, 0.1) is 30.2 Å². The van der Waals surface area contributed by atoms with Crippen LogP contribution in [0.25, 0.3) is 10.8 Å². The molecule has 0 radical (unpaired) electrons. The first kappa shape index (κ1) is 27.0. The smallest absolute Gasteiger partial charge is 0.318 e. The van der Waals surface area contributed by atoms with Gasteiger partial charge >= 0.3 is 5.91 Å². The van der Waals surface area contributed by atoms with Gasteiger partial charge in [-0.25, -0.2) is 17.7 Å². The maximum absolute atomic E-state index is 13.9. The lowest BCUT2D eigenvalue weighted by molar-refractivity contribution is -0.130. The van der Waals surface area contributed by atoms with E-state index in [1.165, 1.54) is 0 Å². The zero-order valence-electron chi connectivity index (χ0n) is 21.3. The van der Waals surface area contributed by atoms with Crippen LogP contribution in [0.1, 0.15) is 31.4 Å². The van der Waals surface area contributed by atoms with Crippen LogP contribution in [-0.4, -0.2) is 63.8 Å². The van der Waals surface area contributed by atoms with Crippen molar-refractivity contribution >= 4 is 54.5 Å². The number of piperidine rings is 1. The molecule has 4 rings (SSSR count). The molecule has 10 heteroatoms. The number of thiazole rings is 1. The Balaban J connectivity index is 1.65. The predicted octanol–water partition coefficient (Wildman–Crippen LogP) is 4.37. The highest BCUT2D eigenvalue weighted by molar-refractivity contribution is 7.91. The molecule has 1 aliphatic rings. The van der Waals surface area contributed by atoms with Crippen LogP contribution in [-0.2, 0) is 28.2 Å². The third-order valence-corrected chi connectivity index (χ3v) is 10.3. The van der Waals surface area contributed by atoms with E-state index in [0.717, 1.165) is 45.5 Å². The van der Waals surface area contributed by atoms with Crippen LogP contribution in [0.2, 0.25) is 5.02 Å². The molecule has 0 N–H and O–H groups in total. The molecule has 1 fully saturated rings. The largest absolute Gasteiger partial charge is 0.320 e. The molecule has 2 heterocycles. The third-order valence-electron chi connectivity index (χ3n) is 6.95. The lowest BCUT2D eigenvalue weighted by Crippen LogP contribution is -2.57. The number of hydrogen-bond donors (Lipinski definition) is 0. The van der Waals surface area contributed by atoms with E-state index >= 15 is 0 Å². The first-order chi connectivity index (χ1) is 17.1. The molecule has 1 aromatic heterocycles. The minimum absolute atomic E-state index is 0.0252. The van der Waals surface area contributed by atoms with Gasteiger partial charge < -0.3 is 9.47 Å². The number of nitrogens with zero attached hydrogens (tertiary/aromatic N) is 4. The summed E-state index contributed by atoms with van der Waals surface area (Å²) in [7, 11) is 4.14. The van der Waals surface area contributed by atoms with Gasteiger partial charge in [-0.15, -0.1) is 0 Å². The van der Waals surface area contributed by atoms with Gasteiger partial charge in [0, 0.05) is 25.7 Å². The number of fused-ring (bicyclic) bond motifs is 1. The van der Waals surface area contributed by atoms with E-state index in [1.54, 1.807) is 42.6 Å². The molecule has 0 spiro atoms. The number of halogens is 1. The van der Waals surface area contributed by atoms with E-state index in [9.17, 15) is 13.2 Å². The molecule has 1 aliphatic heterocycles. The van der Waals surface area contributed by atoms with Crippen molar-refractivity contribution in [3.63, 3.8) is 0 Å². The second-order valence-electron chi connectivity index (χ2n) is 9.75. The van der Waals surface area contributed by atoms with Gasteiger partial charge in [-0.1, -0.05) is 23.7 Å². The summed E-state index contributed by atoms with van der Waals surface area (Å²) in [5, 5.41) is 3.29. The molecule has 7 nitrogen and oxygen atoms in total. The highest BCUT2D eigenvalue weighted by atomic mass is 35.5. The van der Waals surface area contributed by atoms with Gasteiger partial charge in [0.1, 0.15) is 5.69 Å². The van der Waals surface area contributed by atoms with Gasteiger partial charge in [0.2, 0.25) is 5.00 Å². The van der Waals surface area contributed by atoms with E-state index < -0.39 is 9.84 Å². The average Bonchev–Trinajstić information content (AvgIpc) is 3.17.